The minimum atomic E-state index is -0.429. The summed E-state index contributed by atoms with van der Waals surface area (Å²) in [6.07, 6.45) is 6.08. The smallest absolute Gasteiger partial charge is 0.358 e. The van der Waals surface area contributed by atoms with Gasteiger partial charge in [-0.1, -0.05) is 0 Å². The average molecular weight is 356 g/mol. The van der Waals surface area contributed by atoms with Crippen LogP contribution in [0.25, 0.3) is 0 Å². The van der Waals surface area contributed by atoms with Crippen LogP contribution in [0, 0.1) is 6.92 Å². The van der Waals surface area contributed by atoms with E-state index in [9.17, 15) is 9.59 Å². The predicted octanol–water partition coefficient (Wildman–Crippen LogP) is 2.23. The van der Waals surface area contributed by atoms with Gasteiger partial charge >= 0.3 is 5.97 Å². The number of fused-ring (bicyclic) bond motifs is 2. The summed E-state index contributed by atoms with van der Waals surface area (Å²) < 4.78 is 7.02. The summed E-state index contributed by atoms with van der Waals surface area (Å²) >= 11 is 0. The van der Waals surface area contributed by atoms with Gasteiger partial charge in [-0.15, -0.1) is 0 Å². The molecule has 0 bridgehead atoms. The molecule has 26 heavy (non-hydrogen) atoms. The number of nitrogens with zero attached hydrogens (tertiary/aromatic N) is 3. The largest absolute Gasteiger partial charge is 0.461 e. The van der Waals surface area contributed by atoms with Crippen molar-refractivity contribution in [2.75, 3.05) is 13.2 Å². The number of esters is 1. The monoisotopic (exact) mass is 356 g/mol. The molecule has 0 spiro atoms. The van der Waals surface area contributed by atoms with E-state index in [2.05, 4.69) is 9.97 Å². The van der Waals surface area contributed by atoms with Crippen molar-refractivity contribution in [3.8, 4) is 0 Å². The van der Waals surface area contributed by atoms with Gasteiger partial charge in [-0.3, -0.25) is 4.79 Å². The fourth-order valence-electron chi connectivity index (χ4n) is 4.02. The van der Waals surface area contributed by atoms with Gasteiger partial charge in [0.05, 0.1) is 25.2 Å². The van der Waals surface area contributed by atoms with E-state index in [0.29, 0.717) is 37.6 Å². The highest BCUT2D eigenvalue weighted by Crippen LogP contribution is 2.28. The Morgan fingerprint density at radius 1 is 1.27 bits per heavy atom. The highest BCUT2D eigenvalue weighted by molar-refractivity contribution is 5.95. The molecule has 0 atom stereocenters. The molecule has 2 aliphatic rings. The zero-order chi connectivity index (χ0) is 18.3. The van der Waals surface area contributed by atoms with E-state index >= 15 is 0 Å². The first-order valence-corrected chi connectivity index (χ1v) is 9.30. The number of rotatable bonds is 3. The molecule has 3 heterocycles. The maximum Gasteiger partial charge on any atom is 0.358 e. The highest BCUT2D eigenvalue weighted by Gasteiger charge is 2.30. The van der Waals surface area contributed by atoms with Gasteiger partial charge in [-0.05, 0) is 50.7 Å². The summed E-state index contributed by atoms with van der Waals surface area (Å²) in [7, 11) is 0. The molecule has 0 saturated heterocycles. The van der Waals surface area contributed by atoms with E-state index in [1.54, 1.807) is 18.2 Å². The molecule has 2 aromatic rings. The summed E-state index contributed by atoms with van der Waals surface area (Å²) in [5, 5.41) is 0. The van der Waals surface area contributed by atoms with Gasteiger partial charge in [0.25, 0.3) is 5.91 Å². The molecule has 0 unspecified atom stereocenters. The number of ether oxygens (including phenoxy) is 1. The number of amides is 1. The Hall–Kier alpha value is -2.57. The van der Waals surface area contributed by atoms with Crippen LogP contribution in [0.2, 0.25) is 0 Å². The van der Waals surface area contributed by atoms with E-state index < -0.39 is 5.97 Å². The normalized spacial score (nSPS) is 16.2. The van der Waals surface area contributed by atoms with Gasteiger partial charge in [0, 0.05) is 18.8 Å². The fraction of sp³-hybridized carbons (Fsp3) is 0.526. The molecule has 4 rings (SSSR count). The maximum absolute atomic E-state index is 13.1. The van der Waals surface area contributed by atoms with Gasteiger partial charge in [0.1, 0.15) is 5.69 Å². The second kappa shape index (κ2) is 6.63. The van der Waals surface area contributed by atoms with Gasteiger partial charge in [0.15, 0.2) is 5.69 Å². The molecule has 1 N–H and O–H groups in total. The molecule has 0 radical (unpaired) electrons. The molecule has 0 saturated carbocycles. The number of aryl methyl sites for hydroxylation is 1. The number of hydrogen-bond donors (Lipinski definition) is 1. The summed E-state index contributed by atoms with van der Waals surface area (Å²) in [4.78, 5) is 34.6. The van der Waals surface area contributed by atoms with Crippen LogP contribution in [0.3, 0.4) is 0 Å². The minimum Gasteiger partial charge on any atom is -0.461 e. The van der Waals surface area contributed by atoms with Crippen molar-refractivity contribution in [2.45, 2.75) is 52.6 Å². The topological polar surface area (TPSA) is 80.2 Å². The van der Waals surface area contributed by atoms with E-state index in [4.69, 9.17) is 4.74 Å². The van der Waals surface area contributed by atoms with Crippen LogP contribution >= 0.6 is 0 Å². The Bertz CT molecular complexity index is 865. The van der Waals surface area contributed by atoms with Crippen LogP contribution < -0.4 is 0 Å². The molecule has 0 fully saturated rings. The molecule has 1 aliphatic heterocycles. The number of carbonyl (C=O) groups is 2. The van der Waals surface area contributed by atoms with Crippen LogP contribution in [-0.2, 0) is 30.7 Å². The molecule has 2 aromatic heterocycles. The molecule has 0 aromatic carbocycles. The summed E-state index contributed by atoms with van der Waals surface area (Å²) in [6, 6.07) is 0. The Labute approximate surface area is 152 Å². The van der Waals surface area contributed by atoms with Crippen molar-refractivity contribution in [2.24, 2.45) is 0 Å². The number of carbonyl (C=O) groups excluding carboxylic acids is 2. The third kappa shape index (κ3) is 2.71. The van der Waals surface area contributed by atoms with Crippen LogP contribution in [0.15, 0.2) is 6.33 Å². The standard InChI is InChI=1S/C19H24N4O3/c1-3-26-19(25)17-15-10-22(8-9-23(15)11-20-17)18(24)16-12(2)13-6-4-5-7-14(13)21-16/h11,21H,3-10H2,1-2H3. The summed E-state index contributed by atoms with van der Waals surface area (Å²) in [5.41, 5.74) is 5.36. The average Bonchev–Trinajstić information content (AvgIpc) is 3.22. The molecular weight excluding hydrogens is 332 g/mol. The number of nitrogens with one attached hydrogen (secondary N) is 1. The third-order valence-electron chi connectivity index (χ3n) is 5.44. The quantitative estimate of drug-likeness (QED) is 0.855. The number of H-pyrrole nitrogens is 1. The van der Waals surface area contributed by atoms with Crippen LogP contribution in [0.1, 0.15) is 63.3 Å². The lowest BCUT2D eigenvalue weighted by Gasteiger charge is -2.28. The molecular formula is C19H24N4O3. The van der Waals surface area contributed by atoms with Crippen LogP contribution in [0.4, 0.5) is 0 Å². The lowest BCUT2D eigenvalue weighted by Crippen LogP contribution is -2.39. The van der Waals surface area contributed by atoms with E-state index in [-0.39, 0.29) is 5.91 Å². The number of aromatic nitrogens is 3. The second-order valence-corrected chi connectivity index (χ2v) is 6.97. The molecule has 7 heteroatoms. The lowest BCUT2D eigenvalue weighted by molar-refractivity contribution is 0.0511. The Balaban J connectivity index is 1.59. The van der Waals surface area contributed by atoms with Gasteiger partial charge in [-0.25, -0.2) is 9.78 Å². The fourth-order valence-corrected chi connectivity index (χ4v) is 4.02. The number of imidazole rings is 1. The Kier molecular flexibility index (Phi) is 4.30. The van der Waals surface area contributed by atoms with Gasteiger partial charge in [-0.2, -0.15) is 0 Å². The molecule has 1 aliphatic carbocycles. The zero-order valence-corrected chi connectivity index (χ0v) is 15.3. The van der Waals surface area contributed by atoms with Crippen molar-refractivity contribution in [3.05, 3.63) is 40.2 Å². The molecule has 7 nitrogen and oxygen atoms in total. The Morgan fingerprint density at radius 3 is 2.85 bits per heavy atom. The first-order valence-electron chi connectivity index (χ1n) is 9.30. The summed E-state index contributed by atoms with van der Waals surface area (Å²) in [5.74, 6) is -0.429. The van der Waals surface area contributed by atoms with Crippen molar-refractivity contribution in [1.29, 1.82) is 0 Å². The lowest BCUT2D eigenvalue weighted by atomic mass is 9.95. The van der Waals surface area contributed by atoms with Gasteiger partial charge in [0.2, 0.25) is 0 Å². The van der Waals surface area contributed by atoms with Crippen molar-refractivity contribution < 1.29 is 14.3 Å². The van der Waals surface area contributed by atoms with E-state index in [0.717, 1.165) is 24.1 Å². The summed E-state index contributed by atoms with van der Waals surface area (Å²) in [6.45, 7) is 5.72. The van der Waals surface area contributed by atoms with Gasteiger partial charge < -0.3 is 19.2 Å². The van der Waals surface area contributed by atoms with Crippen LogP contribution in [-0.4, -0.2) is 44.5 Å². The van der Waals surface area contributed by atoms with Crippen LogP contribution in [0.5, 0.6) is 0 Å². The maximum atomic E-state index is 13.1. The van der Waals surface area contributed by atoms with Crippen molar-refractivity contribution in [1.82, 2.24) is 19.4 Å². The van der Waals surface area contributed by atoms with E-state index in [1.165, 1.54) is 24.1 Å². The highest BCUT2D eigenvalue weighted by atomic mass is 16.5. The molecule has 138 valence electrons. The Morgan fingerprint density at radius 2 is 2.08 bits per heavy atom. The first kappa shape index (κ1) is 16.9. The minimum absolute atomic E-state index is 0.000779. The first-order chi connectivity index (χ1) is 12.6. The number of hydrogen-bond acceptors (Lipinski definition) is 4. The third-order valence-corrected chi connectivity index (χ3v) is 5.44. The van der Waals surface area contributed by atoms with Crippen molar-refractivity contribution in [3.63, 3.8) is 0 Å². The second-order valence-electron chi connectivity index (χ2n) is 6.97. The molecule has 1 amide bonds. The zero-order valence-electron chi connectivity index (χ0n) is 15.3. The van der Waals surface area contributed by atoms with E-state index in [1.807, 2.05) is 11.5 Å². The SMILES string of the molecule is CCOC(=O)c1ncn2c1CN(C(=O)c1[nH]c3c(c1C)CCCC3)CC2. The van der Waals surface area contributed by atoms with Crippen molar-refractivity contribution >= 4 is 11.9 Å². The predicted molar refractivity (Wildman–Crippen MR) is 95.1 cm³/mol. The number of aromatic amines is 1.